The molecule has 8 heteroatoms. The van der Waals surface area contributed by atoms with Crippen LogP contribution in [-0.4, -0.2) is 68.9 Å². The average Bonchev–Trinajstić information content (AvgIpc) is 2.87. The molecule has 3 rings (SSSR count). The highest BCUT2D eigenvalue weighted by Crippen LogP contribution is 2.12. The summed E-state index contributed by atoms with van der Waals surface area (Å²) >= 11 is 0. The van der Waals surface area contributed by atoms with Crippen LogP contribution in [0, 0.1) is 0 Å². The molecule has 0 spiro atoms. The number of carbonyl (C=O) groups excluding carboxylic acids is 2. The number of methoxy groups -OCH3 is 1. The Kier molecular flexibility index (Phi) is 9.87. The van der Waals surface area contributed by atoms with Gasteiger partial charge in [0.1, 0.15) is 5.75 Å². The van der Waals surface area contributed by atoms with E-state index in [1.165, 1.54) is 0 Å². The Hall–Kier alpha value is -3.23. The normalized spacial score (nSPS) is 15.2. The largest absolute Gasteiger partial charge is 0.497 e. The minimum absolute atomic E-state index is 0.0778. The zero-order valence-electron chi connectivity index (χ0n) is 19.0. The SMILES string of the molecule is COc1ccc(/C=N/NC(=O)C(CCCCNC(=O)c2ccccc2)N2CCOCC2)cc1. The summed E-state index contributed by atoms with van der Waals surface area (Å²) in [4.78, 5) is 27.2. The lowest BCUT2D eigenvalue weighted by atomic mass is 10.1. The van der Waals surface area contributed by atoms with Gasteiger partial charge in [0.2, 0.25) is 0 Å². The summed E-state index contributed by atoms with van der Waals surface area (Å²) in [6, 6.07) is 16.3. The second kappa shape index (κ2) is 13.3. The van der Waals surface area contributed by atoms with Crippen LogP contribution < -0.4 is 15.5 Å². The second-order valence-electron chi connectivity index (χ2n) is 7.79. The third-order valence-corrected chi connectivity index (χ3v) is 5.52. The molecule has 0 radical (unpaired) electrons. The highest BCUT2D eigenvalue weighted by Gasteiger charge is 2.26. The topological polar surface area (TPSA) is 92.3 Å². The van der Waals surface area contributed by atoms with Gasteiger partial charge in [-0.05, 0) is 61.2 Å². The van der Waals surface area contributed by atoms with E-state index in [4.69, 9.17) is 9.47 Å². The van der Waals surface area contributed by atoms with Crippen LogP contribution in [0.5, 0.6) is 5.75 Å². The van der Waals surface area contributed by atoms with E-state index in [0.29, 0.717) is 44.8 Å². The van der Waals surface area contributed by atoms with E-state index in [1.54, 1.807) is 25.5 Å². The number of benzene rings is 2. The summed E-state index contributed by atoms with van der Waals surface area (Å²) < 4.78 is 10.6. The average molecular weight is 453 g/mol. The molecule has 176 valence electrons. The number of amides is 2. The number of hydrogen-bond acceptors (Lipinski definition) is 6. The van der Waals surface area contributed by atoms with Crippen molar-refractivity contribution < 1.29 is 19.1 Å². The summed E-state index contributed by atoms with van der Waals surface area (Å²) in [6.07, 6.45) is 3.91. The first kappa shape index (κ1) is 24.4. The van der Waals surface area contributed by atoms with Crippen LogP contribution in [0.1, 0.15) is 35.2 Å². The first-order valence-electron chi connectivity index (χ1n) is 11.3. The molecular formula is C25H32N4O4. The molecule has 2 N–H and O–H groups in total. The minimum Gasteiger partial charge on any atom is -0.497 e. The first-order valence-corrected chi connectivity index (χ1v) is 11.3. The third kappa shape index (κ3) is 8.00. The van der Waals surface area contributed by atoms with E-state index < -0.39 is 0 Å². The molecule has 1 atom stereocenters. The molecule has 1 aliphatic rings. The molecule has 2 aromatic rings. The Balaban J connectivity index is 1.47. The van der Waals surface area contributed by atoms with Crippen molar-refractivity contribution >= 4 is 18.0 Å². The molecule has 2 amide bonds. The monoisotopic (exact) mass is 452 g/mol. The van der Waals surface area contributed by atoms with Gasteiger partial charge in [0.15, 0.2) is 0 Å². The van der Waals surface area contributed by atoms with Crippen LogP contribution in [0.25, 0.3) is 0 Å². The number of nitrogens with one attached hydrogen (secondary N) is 2. The van der Waals surface area contributed by atoms with Gasteiger partial charge >= 0.3 is 0 Å². The van der Waals surface area contributed by atoms with E-state index in [2.05, 4.69) is 20.7 Å². The predicted octanol–water partition coefficient (Wildman–Crippen LogP) is 2.45. The van der Waals surface area contributed by atoms with Gasteiger partial charge in [0.05, 0.1) is 32.6 Å². The second-order valence-corrected chi connectivity index (χ2v) is 7.79. The molecule has 1 saturated heterocycles. The zero-order valence-corrected chi connectivity index (χ0v) is 19.0. The van der Waals surface area contributed by atoms with Gasteiger partial charge in [0, 0.05) is 25.2 Å². The molecule has 0 saturated carbocycles. The summed E-state index contributed by atoms with van der Waals surface area (Å²) in [5.74, 6) is 0.560. The lowest BCUT2D eigenvalue weighted by Crippen LogP contribution is -2.50. The van der Waals surface area contributed by atoms with Crippen molar-refractivity contribution in [2.24, 2.45) is 5.10 Å². The van der Waals surface area contributed by atoms with E-state index in [1.807, 2.05) is 42.5 Å². The van der Waals surface area contributed by atoms with Crippen molar-refractivity contribution in [1.29, 1.82) is 0 Å². The Morgan fingerprint density at radius 1 is 1.09 bits per heavy atom. The lowest BCUT2D eigenvalue weighted by Gasteiger charge is -2.33. The molecule has 0 aliphatic carbocycles. The van der Waals surface area contributed by atoms with Crippen molar-refractivity contribution in [3.8, 4) is 5.75 Å². The first-order chi connectivity index (χ1) is 16.2. The van der Waals surface area contributed by atoms with E-state index >= 15 is 0 Å². The van der Waals surface area contributed by atoms with Gasteiger partial charge in [0.25, 0.3) is 11.8 Å². The van der Waals surface area contributed by atoms with Crippen LogP contribution in [0.2, 0.25) is 0 Å². The fraction of sp³-hybridized carbons (Fsp3) is 0.400. The van der Waals surface area contributed by atoms with Gasteiger partial charge in [-0.3, -0.25) is 14.5 Å². The van der Waals surface area contributed by atoms with Gasteiger partial charge in [-0.15, -0.1) is 0 Å². The molecule has 8 nitrogen and oxygen atoms in total. The fourth-order valence-electron chi connectivity index (χ4n) is 3.66. The van der Waals surface area contributed by atoms with Gasteiger partial charge in [-0.2, -0.15) is 5.10 Å². The fourth-order valence-corrected chi connectivity index (χ4v) is 3.66. The molecule has 1 unspecified atom stereocenters. The lowest BCUT2D eigenvalue weighted by molar-refractivity contribution is -0.128. The molecule has 1 heterocycles. The highest BCUT2D eigenvalue weighted by atomic mass is 16.5. The van der Waals surface area contributed by atoms with E-state index in [9.17, 15) is 9.59 Å². The maximum atomic E-state index is 12.9. The molecule has 1 fully saturated rings. The number of unbranched alkanes of at least 4 members (excludes halogenated alkanes) is 1. The Bertz CT molecular complexity index is 896. The molecule has 33 heavy (non-hydrogen) atoms. The number of hydrogen-bond donors (Lipinski definition) is 2. The predicted molar refractivity (Wildman–Crippen MR) is 128 cm³/mol. The molecule has 0 bridgehead atoms. The van der Waals surface area contributed by atoms with E-state index in [-0.39, 0.29) is 17.9 Å². The van der Waals surface area contributed by atoms with Crippen molar-refractivity contribution in [3.63, 3.8) is 0 Å². The smallest absolute Gasteiger partial charge is 0.257 e. The summed E-state index contributed by atoms with van der Waals surface area (Å²) in [7, 11) is 1.62. The number of nitrogens with zero attached hydrogens (tertiary/aromatic N) is 2. The Labute approximate surface area is 195 Å². The number of morpholine rings is 1. The number of rotatable bonds is 11. The standard InChI is InChI=1S/C25H32N4O4/c1-32-22-12-10-20(11-13-22)19-27-28-25(31)23(29-15-17-33-18-16-29)9-5-6-14-26-24(30)21-7-3-2-4-8-21/h2-4,7-8,10-13,19,23H,5-6,9,14-18H2,1H3,(H,26,30)(H,28,31)/b27-19+. The molecule has 0 aromatic heterocycles. The summed E-state index contributed by atoms with van der Waals surface area (Å²) in [5.41, 5.74) is 4.20. The van der Waals surface area contributed by atoms with Gasteiger partial charge < -0.3 is 14.8 Å². The molecule has 2 aromatic carbocycles. The van der Waals surface area contributed by atoms with Crippen molar-refractivity contribution in [3.05, 3.63) is 65.7 Å². The van der Waals surface area contributed by atoms with Crippen molar-refractivity contribution in [2.45, 2.75) is 25.3 Å². The van der Waals surface area contributed by atoms with Crippen LogP contribution in [0.3, 0.4) is 0 Å². The van der Waals surface area contributed by atoms with E-state index in [0.717, 1.165) is 24.2 Å². The van der Waals surface area contributed by atoms with Crippen LogP contribution in [0.15, 0.2) is 59.7 Å². The molecular weight excluding hydrogens is 420 g/mol. The summed E-state index contributed by atoms with van der Waals surface area (Å²) in [6.45, 7) is 3.23. The van der Waals surface area contributed by atoms with Gasteiger partial charge in [-0.1, -0.05) is 18.2 Å². The minimum atomic E-state index is -0.285. The van der Waals surface area contributed by atoms with Crippen molar-refractivity contribution in [2.75, 3.05) is 40.0 Å². The Morgan fingerprint density at radius 3 is 2.52 bits per heavy atom. The van der Waals surface area contributed by atoms with Crippen LogP contribution in [0.4, 0.5) is 0 Å². The Morgan fingerprint density at radius 2 is 1.82 bits per heavy atom. The maximum Gasteiger partial charge on any atom is 0.257 e. The third-order valence-electron chi connectivity index (χ3n) is 5.52. The summed E-state index contributed by atoms with van der Waals surface area (Å²) in [5, 5.41) is 7.07. The van der Waals surface area contributed by atoms with Crippen LogP contribution >= 0.6 is 0 Å². The number of hydrazone groups is 1. The van der Waals surface area contributed by atoms with Crippen molar-refractivity contribution in [1.82, 2.24) is 15.6 Å². The zero-order chi connectivity index (χ0) is 23.3. The number of carbonyl (C=O) groups is 2. The van der Waals surface area contributed by atoms with Crippen LogP contribution in [-0.2, 0) is 9.53 Å². The van der Waals surface area contributed by atoms with Gasteiger partial charge in [-0.25, -0.2) is 5.43 Å². The quantitative estimate of drug-likeness (QED) is 0.310. The number of ether oxygens (including phenoxy) is 2. The maximum absolute atomic E-state index is 12.9. The highest BCUT2D eigenvalue weighted by molar-refractivity contribution is 5.94. The molecule has 1 aliphatic heterocycles.